The molecule has 2 aliphatic rings. The van der Waals surface area contributed by atoms with E-state index >= 15 is 0 Å². The average molecular weight is 507 g/mol. The molecule has 1 unspecified atom stereocenters. The standard InChI is InChI=1S/C28H34N4O5/c1-17-10-24(28(36-3)8-9-37-16-28)31-26(11-17)32-15-22(20-6-4-19(5-7-20)12-27(34)35)21-14-29-25(13-23(21)32)30-18(2)33/h10-11,13-15,19-20H,4-9,12,16H2,1-3H3,(H,34,35)(H,29,30,33). The molecule has 1 aliphatic carbocycles. The number of aryl methyl sites for hydroxylation is 1. The van der Waals surface area contributed by atoms with Gasteiger partial charge in [0.2, 0.25) is 5.91 Å². The largest absolute Gasteiger partial charge is 0.481 e. The lowest BCUT2D eigenvalue weighted by atomic mass is 9.77. The van der Waals surface area contributed by atoms with Crippen molar-refractivity contribution >= 4 is 28.6 Å². The maximum atomic E-state index is 11.7. The molecule has 5 rings (SSSR count). The number of carboxylic acid groups (broad SMARTS) is 1. The first-order valence-electron chi connectivity index (χ1n) is 12.9. The fraction of sp³-hybridized carbons (Fsp3) is 0.500. The first-order chi connectivity index (χ1) is 17.8. The Morgan fingerprint density at radius 2 is 2.03 bits per heavy atom. The van der Waals surface area contributed by atoms with E-state index in [0.29, 0.717) is 24.9 Å². The number of fused-ring (bicyclic) bond motifs is 1. The van der Waals surface area contributed by atoms with Gasteiger partial charge in [-0.2, -0.15) is 0 Å². The number of anilines is 1. The van der Waals surface area contributed by atoms with E-state index < -0.39 is 11.6 Å². The molecule has 3 aromatic heterocycles. The second-order valence-corrected chi connectivity index (χ2v) is 10.4. The fourth-order valence-electron chi connectivity index (χ4n) is 5.85. The molecule has 196 valence electrons. The monoisotopic (exact) mass is 506 g/mol. The lowest BCUT2D eigenvalue weighted by Crippen LogP contribution is -2.30. The van der Waals surface area contributed by atoms with Gasteiger partial charge in [-0.1, -0.05) is 0 Å². The molecular weight excluding hydrogens is 472 g/mol. The summed E-state index contributed by atoms with van der Waals surface area (Å²) in [6.07, 6.45) is 8.59. The van der Waals surface area contributed by atoms with Gasteiger partial charge in [-0.05, 0) is 67.7 Å². The number of carboxylic acids is 1. The van der Waals surface area contributed by atoms with Crippen LogP contribution in [-0.4, -0.2) is 51.8 Å². The van der Waals surface area contributed by atoms with Crippen molar-refractivity contribution < 1.29 is 24.2 Å². The second kappa shape index (κ2) is 10.2. The van der Waals surface area contributed by atoms with Crippen LogP contribution in [0.1, 0.15) is 68.2 Å². The van der Waals surface area contributed by atoms with Crippen LogP contribution < -0.4 is 5.32 Å². The van der Waals surface area contributed by atoms with Gasteiger partial charge in [0.15, 0.2) is 0 Å². The van der Waals surface area contributed by atoms with E-state index in [-0.39, 0.29) is 18.2 Å². The molecule has 2 fully saturated rings. The number of pyridine rings is 2. The van der Waals surface area contributed by atoms with Crippen molar-refractivity contribution in [3.63, 3.8) is 0 Å². The van der Waals surface area contributed by atoms with E-state index in [9.17, 15) is 14.7 Å². The Labute approximate surface area is 216 Å². The van der Waals surface area contributed by atoms with Crippen LogP contribution in [0.3, 0.4) is 0 Å². The SMILES string of the molecule is COC1(c2cc(C)cc(-n3cc(C4CCC(CC(=O)O)CC4)c4cnc(NC(C)=O)cc43)n2)CCOC1. The van der Waals surface area contributed by atoms with Gasteiger partial charge in [-0.25, -0.2) is 9.97 Å². The minimum Gasteiger partial charge on any atom is -0.481 e. The highest BCUT2D eigenvalue weighted by Crippen LogP contribution is 2.41. The molecule has 2 N–H and O–H groups in total. The lowest BCUT2D eigenvalue weighted by Gasteiger charge is -2.27. The third-order valence-electron chi connectivity index (χ3n) is 7.82. The molecule has 0 spiro atoms. The van der Waals surface area contributed by atoms with Gasteiger partial charge in [0.1, 0.15) is 17.2 Å². The Kier molecular flexibility index (Phi) is 7.00. The Hall–Kier alpha value is -3.30. The summed E-state index contributed by atoms with van der Waals surface area (Å²) in [5.74, 6) is 0.890. The van der Waals surface area contributed by atoms with Gasteiger partial charge in [0.05, 0.1) is 17.8 Å². The van der Waals surface area contributed by atoms with Crippen LogP contribution in [0.25, 0.3) is 16.7 Å². The van der Waals surface area contributed by atoms with E-state index in [2.05, 4.69) is 34.1 Å². The topological polar surface area (TPSA) is 116 Å². The third kappa shape index (κ3) is 5.10. The van der Waals surface area contributed by atoms with Crippen LogP contribution in [0.4, 0.5) is 5.82 Å². The molecule has 3 aromatic rings. The van der Waals surface area contributed by atoms with Gasteiger partial charge in [-0.15, -0.1) is 0 Å². The van der Waals surface area contributed by atoms with Crippen molar-refractivity contribution in [1.29, 1.82) is 0 Å². The number of nitrogens with one attached hydrogen (secondary N) is 1. The molecule has 0 bridgehead atoms. The molecule has 4 heterocycles. The van der Waals surface area contributed by atoms with Crippen molar-refractivity contribution in [2.75, 3.05) is 25.6 Å². The summed E-state index contributed by atoms with van der Waals surface area (Å²) in [4.78, 5) is 32.5. The molecule has 1 saturated heterocycles. The number of hydrogen-bond acceptors (Lipinski definition) is 6. The second-order valence-electron chi connectivity index (χ2n) is 10.4. The average Bonchev–Trinajstić information content (AvgIpc) is 3.49. The van der Waals surface area contributed by atoms with Crippen molar-refractivity contribution in [3.8, 4) is 5.82 Å². The predicted molar refractivity (Wildman–Crippen MR) is 139 cm³/mol. The summed E-state index contributed by atoms with van der Waals surface area (Å²) < 4.78 is 13.7. The van der Waals surface area contributed by atoms with Gasteiger partial charge >= 0.3 is 5.97 Å². The van der Waals surface area contributed by atoms with E-state index in [1.807, 2.05) is 18.3 Å². The first kappa shape index (κ1) is 25.4. The number of ether oxygens (including phenoxy) is 2. The van der Waals surface area contributed by atoms with Crippen LogP contribution in [0.15, 0.2) is 30.6 Å². The predicted octanol–water partition coefficient (Wildman–Crippen LogP) is 4.70. The summed E-state index contributed by atoms with van der Waals surface area (Å²) >= 11 is 0. The summed E-state index contributed by atoms with van der Waals surface area (Å²) in [6, 6.07) is 6.00. The highest BCUT2D eigenvalue weighted by Gasteiger charge is 2.39. The number of carbonyl (C=O) groups excluding carboxylic acids is 1. The Balaban J connectivity index is 1.58. The van der Waals surface area contributed by atoms with Crippen LogP contribution in [-0.2, 0) is 24.7 Å². The van der Waals surface area contributed by atoms with E-state index in [1.54, 1.807) is 7.11 Å². The van der Waals surface area contributed by atoms with Gasteiger partial charge in [-0.3, -0.25) is 9.59 Å². The Morgan fingerprint density at radius 3 is 2.68 bits per heavy atom. The normalized spacial score (nSPS) is 23.9. The van der Waals surface area contributed by atoms with Crippen LogP contribution in [0, 0.1) is 12.8 Å². The molecule has 1 aliphatic heterocycles. The van der Waals surface area contributed by atoms with Crippen molar-refractivity contribution in [1.82, 2.24) is 14.5 Å². The van der Waals surface area contributed by atoms with Crippen molar-refractivity contribution in [2.45, 2.75) is 63.9 Å². The summed E-state index contributed by atoms with van der Waals surface area (Å²) in [6.45, 7) is 4.61. The summed E-state index contributed by atoms with van der Waals surface area (Å²) in [5, 5.41) is 13.0. The molecule has 0 aromatic carbocycles. The zero-order valence-corrected chi connectivity index (χ0v) is 21.6. The number of hydrogen-bond donors (Lipinski definition) is 2. The molecule has 0 radical (unpaired) electrons. The van der Waals surface area contributed by atoms with Crippen LogP contribution in [0.2, 0.25) is 0 Å². The fourth-order valence-corrected chi connectivity index (χ4v) is 5.85. The molecule has 37 heavy (non-hydrogen) atoms. The minimum absolute atomic E-state index is 0.179. The smallest absolute Gasteiger partial charge is 0.303 e. The van der Waals surface area contributed by atoms with Gasteiger partial charge < -0.3 is 24.5 Å². The van der Waals surface area contributed by atoms with Crippen molar-refractivity contribution in [3.05, 3.63) is 47.4 Å². The number of aromatic nitrogens is 3. The number of amides is 1. The number of nitrogens with zero attached hydrogens (tertiary/aromatic N) is 3. The van der Waals surface area contributed by atoms with E-state index in [0.717, 1.165) is 60.1 Å². The Morgan fingerprint density at radius 1 is 1.24 bits per heavy atom. The quantitative estimate of drug-likeness (QED) is 0.477. The number of methoxy groups -OCH3 is 1. The molecule has 1 saturated carbocycles. The molecule has 1 amide bonds. The molecule has 9 nitrogen and oxygen atoms in total. The summed E-state index contributed by atoms with van der Waals surface area (Å²) in [5.41, 5.74) is 3.44. The number of rotatable bonds is 7. The zero-order chi connectivity index (χ0) is 26.2. The molecule has 1 atom stereocenters. The highest BCUT2D eigenvalue weighted by molar-refractivity contribution is 5.92. The molecule has 9 heteroatoms. The third-order valence-corrected chi connectivity index (χ3v) is 7.82. The van der Waals surface area contributed by atoms with Gasteiger partial charge in [0, 0.05) is 57.3 Å². The zero-order valence-electron chi connectivity index (χ0n) is 21.6. The summed E-state index contributed by atoms with van der Waals surface area (Å²) in [7, 11) is 1.70. The van der Waals surface area contributed by atoms with E-state index in [1.165, 1.54) is 12.5 Å². The van der Waals surface area contributed by atoms with Gasteiger partial charge in [0.25, 0.3) is 0 Å². The highest BCUT2D eigenvalue weighted by atomic mass is 16.5. The minimum atomic E-state index is -0.724. The van der Waals surface area contributed by atoms with Crippen LogP contribution >= 0.6 is 0 Å². The van der Waals surface area contributed by atoms with Crippen LogP contribution in [0.5, 0.6) is 0 Å². The van der Waals surface area contributed by atoms with Crippen molar-refractivity contribution in [2.24, 2.45) is 5.92 Å². The van der Waals surface area contributed by atoms with E-state index in [4.69, 9.17) is 14.5 Å². The maximum absolute atomic E-state index is 11.7. The number of carbonyl (C=O) groups is 2. The molecular formula is C28H34N4O5. The lowest BCUT2D eigenvalue weighted by molar-refractivity contribution is -0.138. The first-order valence-corrected chi connectivity index (χ1v) is 12.9. The number of aliphatic carboxylic acids is 1. The Bertz CT molecular complexity index is 1320. The maximum Gasteiger partial charge on any atom is 0.303 e.